The zero-order valence-corrected chi connectivity index (χ0v) is 8.66. The standard InChI is InChI=1S/C7H10INO2/c1-4(8)5-3-6(10)9(2)7(5)11/h4-5H,3H2,1-2H3. The molecule has 0 aromatic heterocycles. The highest BCUT2D eigenvalue weighted by atomic mass is 127. The maximum atomic E-state index is 11.3. The third-order valence-corrected chi connectivity index (χ3v) is 2.84. The van der Waals surface area contributed by atoms with E-state index in [2.05, 4.69) is 22.6 Å². The smallest absolute Gasteiger partial charge is 0.233 e. The summed E-state index contributed by atoms with van der Waals surface area (Å²) in [6, 6.07) is 0. The van der Waals surface area contributed by atoms with Crippen molar-refractivity contribution in [3.8, 4) is 0 Å². The fourth-order valence-corrected chi connectivity index (χ4v) is 1.70. The molecule has 1 heterocycles. The maximum absolute atomic E-state index is 11.3. The van der Waals surface area contributed by atoms with E-state index in [-0.39, 0.29) is 21.7 Å². The largest absolute Gasteiger partial charge is 0.285 e. The van der Waals surface area contributed by atoms with E-state index in [1.807, 2.05) is 6.92 Å². The Morgan fingerprint density at radius 1 is 1.64 bits per heavy atom. The summed E-state index contributed by atoms with van der Waals surface area (Å²) < 4.78 is 0.244. The van der Waals surface area contributed by atoms with Crippen LogP contribution < -0.4 is 0 Å². The third kappa shape index (κ3) is 1.55. The van der Waals surface area contributed by atoms with Gasteiger partial charge in [-0.1, -0.05) is 29.5 Å². The first kappa shape index (κ1) is 8.96. The number of hydrogen-bond donors (Lipinski definition) is 0. The lowest BCUT2D eigenvalue weighted by Gasteiger charge is -2.09. The second kappa shape index (κ2) is 3.08. The first-order valence-electron chi connectivity index (χ1n) is 3.48. The van der Waals surface area contributed by atoms with Crippen LogP contribution in [0, 0.1) is 5.92 Å². The minimum absolute atomic E-state index is 0.0306. The quantitative estimate of drug-likeness (QED) is 0.400. The van der Waals surface area contributed by atoms with Crippen molar-refractivity contribution >= 4 is 34.4 Å². The SMILES string of the molecule is CC(I)C1CC(=O)N(C)C1=O. The zero-order valence-electron chi connectivity index (χ0n) is 6.50. The van der Waals surface area contributed by atoms with Crippen molar-refractivity contribution in [1.29, 1.82) is 0 Å². The van der Waals surface area contributed by atoms with Gasteiger partial charge >= 0.3 is 0 Å². The van der Waals surface area contributed by atoms with Crippen LogP contribution in [0.4, 0.5) is 0 Å². The Morgan fingerprint density at radius 2 is 2.18 bits per heavy atom. The van der Waals surface area contributed by atoms with Crippen LogP contribution in [0.2, 0.25) is 0 Å². The number of alkyl halides is 1. The van der Waals surface area contributed by atoms with E-state index >= 15 is 0 Å². The van der Waals surface area contributed by atoms with Gasteiger partial charge in [-0.3, -0.25) is 14.5 Å². The summed E-state index contributed by atoms with van der Waals surface area (Å²) in [5.41, 5.74) is 0. The van der Waals surface area contributed by atoms with Crippen LogP contribution in [0.3, 0.4) is 0 Å². The molecule has 0 aromatic rings. The summed E-state index contributed by atoms with van der Waals surface area (Å²) in [6.07, 6.45) is 0.388. The van der Waals surface area contributed by atoms with E-state index in [9.17, 15) is 9.59 Å². The second-order valence-corrected chi connectivity index (χ2v) is 4.74. The van der Waals surface area contributed by atoms with Crippen molar-refractivity contribution in [2.45, 2.75) is 17.3 Å². The number of nitrogens with zero attached hydrogens (tertiary/aromatic N) is 1. The number of carbonyl (C=O) groups is 2. The van der Waals surface area contributed by atoms with Gasteiger partial charge in [0, 0.05) is 17.4 Å². The van der Waals surface area contributed by atoms with Crippen LogP contribution in [0.1, 0.15) is 13.3 Å². The minimum atomic E-state index is -0.0897. The van der Waals surface area contributed by atoms with Gasteiger partial charge in [-0.25, -0.2) is 0 Å². The molecule has 1 aliphatic heterocycles. The van der Waals surface area contributed by atoms with Gasteiger partial charge in [0.05, 0.1) is 5.92 Å². The first-order chi connectivity index (χ1) is 5.04. The van der Waals surface area contributed by atoms with Crippen LogP contribution >= 0.6 is 22.6 Å². The minimum Gasteiger partial charge on any atom is -0.285 e. The molecule has 2 amide bonds. The number of imide groups is 1. The molecular weight excluding hydrogens is 257 g/mol. The fraction of sp³-hybridized carbons (Fsp3) is 0.714. The van der Waals surface area contributed by atoms with Crippen LogP contribution in [-0.4, -0.2) is 27.7 Å². The predicted octanol–water partition coefficient (Wildman–Crippen LogP) is 0.815. The maximum Gasteiger partial charge on any atom is 0.233 e. The summed E-state index contributed by atoms with van der Waals surface area (Å²) in [6.45, 7) is 1.95. The van der Waals surface area contributed by atoms with Crippen molar-refractivity contribution in [2.75, 3.05) is 7.05 Å². The molecule has 0 aliphatic carbocycles. The molecule has 11 heavy (non-hydrogen) atoms. The van der Waals surface area contributed by atoms with Crippen molar-refractivity contribution in [3.05, 3.63) is 0 Å². The molecule has 0 bridgehead atoms. The van der Waals surface area contributed by atoms with Crippen molar-refractivity contribution < 1.29 is 9.59 Å². The van der Waals surface area contributed by atoms with E-state index in [0.717, 1.165) is 0 Å². The van der Waals surface area contributed by atoms with E-state index < -0.39 is 0 Å². The molecule has 1 fully saturated rings. The highest BCUT2D eigenvalue weighted by Crippen LogP contribution is 2.25. The van der Waals surface area contributed by atoms with Crippen LogP contribution in [0.25, 0.3) is 0 Å². The lowest BCUT2D eigenvalue weighted by molar-refractivity contribution is -0.137. The van der Waals surface area contributed by atoms with Crippen molar-refractivity contribution in [3.63, 3.8) is 0 Å². The molecule has 2 unspecified atom stereocenters. The van der Waals surface area contributed by atoms with Gasteiger partial charge in [0.1, 0.15) is 0 Å². The van der Waals surface area contributed by atoms with Crippen molar-refractivity contribution in [2.24, 2.45) is 5.92 Å². The molecule has 62 valence electrons. The molecule has 4 heteroatoms. The number of halogens is 1. The molecular formula is C7H10INO2. The second-order valence-electron chi connectivity index (χ2n) is 2.78. The third-order valence-electron chi connectivity index (χ3n) is 1.97. The monoisotopic (exact) mass is 267 g/mol. The average Bonchev–Trinajstić information content (AvgIpc) is 2.17. The van der Waals surface area contributed by atoms with Crippen LogP contribution in [-0.2, 0) is 9.59 Å². The molecule has 0 radical (unpaired) electrons. The summed E-state index contributed by atoms with van der Waals surface area (Å²) >= 11 is 2.18. The molecule has 0 N–H and O–H groups in total. The highest BCUT2D eigenvalue weighted by Gasteiger charge is 2.38. The predicted molar refractivity (Wildman–Crippen MR) is 49.4 cm³/mol. The molecule has 3 nitrogen and oxygen atoms in total. The molecule has 0 spiro atoms. The lowest BCUT2D eigenvalue weighted by Crippen LogP contribution is -2.27. The molecule has 1 saturated heterocycles. The molecule has 1 rings (SSSR count). The number of rotatable bonds is 1. The van der Waals surface area contributed by atoms with Crippen LogP contribution in [0.5, 0.6) is 0 Å². The lowest BCUT2D eigenvalue weighted by atomic mass is 10.1. The zero-order chi connectivity index (χ0) is 8.59. The summed E-state index contributed by atoms with van der Waals surface area (Å²) in [5.74, 6) is -0.173. The Hall–Kier alpha value is -0.130. The molecule has 2 atom stereocenters. The number of likely N-dealkylation sites (tertiary alicyclic amines) is 1. The van der Waals surface area contributed by atoms with Crippen molar-refractivity contribution in [1.82, 2.24) is 4.90 Å². The van der Waals surface area contributed by atoms with Gasteiger partial charge in [0.25, 0.3) is 0 Å². The Kier molecular flexibility index (Phi) is 2.51. The Labute approximate surface area is 79.3 Å². The normalized spacial score (nSPS) is 27.9. The van der Waals surface area contributed by atoms with E-state index in [4.69, 9.17) is 0 Å². The van der Waals surface area contributed by atoms with E-state index in [1.54, 1.807) is 7.05 Å². The van der Waals surface area contributed by atoms with E-state index in [0.29, 0.717) is 6.42 Å². The van der Waals surface area contributed by atoms with Crippen LogP contribution in [0.15, 0.2) is 0 Å². The number of amides is 2. The Balaban J connectivity index is 2.75. The highest BCUT2D eigenvalue weighted by molar-refractivity contribution is 14.1. The topological polar surface area (TPSA) is 37.4 Å². The van der Waals surface area contributed by atoms with Gasteiger partial charge < -0.3 is 0 Å². The Bertz CT molecular complexity index is 203. The number of carbonyl (C=O) groups excluding carboxylic acids is 2. The number of hydrogen-bond acceptors (Lipinski definition) is 2. The summed E-state index contributed by atoms with van der Waals surface area (Å²) in [7, 11) is 1.55. The van der Waals surface area contributed by atoms with Gasteiger partial charge in [-0.2, -0.15) is 0 Å². The average molecular weight is 267 g/mol. The fourth-order valence-electron chi connectivity index (χ4n) is 1.14. The first-order valence-corrected chi connectivity index (χ1v) is 4.73. The summed E-state index contributed by atoms with van der Waals surface area (Å²) in [5, 5.41) is 0. The van der Waals surface area contributed by atoms with Gasteiger partial charge in [0.2, 0.25) is 11.8 Å². The van der Waals surface area contributed by atoms with E-state index in [1.165, 1.54) is 4.90 Å². The van der Waals surface area contributed by atoms with Gasteiger partial charge in [-0.05, 0) is 0 Å². The summed E-state index contributed by atoms with van der Waals surface area (Å²) in [4.78, 5) is 23.5. The van der Waals surface area contributed by atoms with Gasteiger partial charge in [-0.15, -0.1) is 0 Å². The molecule has 0 aromatic carbocycles. The molecule has 1 aliphatic rings. The Morgan fingerprint density at radius 3 is 2.36 bits per heavy atom. The molecule has 0 saturated carbocycles. The van der Waals surface area contributed by atoms with Gasteiger partial charge in [0.15, 0.2) is 0 Å².